The van der Waals surface area contributed by atoms with E-state index in [1.54, 1.807) is 26.0 Å². The second kappa shape index (κ2) is 5.98. The number of rotatable bonds is 2. The van der Waals surface area contributed by atoms with E-state index in [9.17, 15) is 28.4 Å². The number of nitro groups is 1. The number of hydrogen-bond acceptors (Lipinski definition) is 4. The van der Waals surface area contributed by atoms with Gasteiger partial charge in [-0.25, -0.2) is 0 Å². The highest BCUT2D eigenvalue weighted by Crippen LogP contribution is 2.52. The summed E-state index contributed by atoms with van der Waals surface area (Å²) >= 11 is 0. The van der Waals surface area contributed by atoms with Crippen LogP contribution in [0.4, 0.5) is 24.5 Å². The van der Waals surface area contributed by atoms with Gasteiger partial charge >= 0.3 is 6.18 Å². The Bertz CT molecular complexity index is 865. The fourth-order valence-corrected chi connectivity index (χ4v) is 3.33. The highest BCUT2D eigenvalue weighted by molar-refractivity contribution is 5.59. The molecule has 0 radical (unpaired) electrons. The molecule has 0 aromatic heterocycles. The van der Waals surface area contributed by atoms with Crippen LogP contribution in [-0.2, 0) is 6.18 Å². The van der Waals surface area contributed by atoms with Gasteiger partial charge in [-0.05, 0) is 23.8 Å². The van der Waals surface area contributed by atoms with Gasteiger partial charge in [0.25, 0.3) is 5.69 Å². The number of nitro benzene ring substituents is 1. The summed E-state index contributed by atoms with van der Waals surface area (Å²) in [5.74, 6) is 0. The Balaban J connectivity index is 2.07. The van der Waals surface area contributed by atoms with Crippen molar-refractivity contribution in [3.8, 4) is 0 Å². The SMILES string of the molecule is CC1(C)C(O)c2cc(C(F)(F)F)ccc2NC1c1cccc([N+](=O)[O-])c1. The van der Waals surface area contributed by atoms with Crippen LogP contribution in [0.1, 0.15) is 42.7 Å². The lowest BCUT2D eigenvalue weighted by atomic mass is 9.70. The van der Waals surface area contributed by atoms with Crippen LogP contribution in [-0.4, -0.2) is 10.0 Å². The predicted octanol–water partition coefficient (Wildman–Crippen LogP) is 4.84. The van der Waals surface area contributed by atoms with Crippen LogP contribution in [0.3, 0.4) is 0 Å². The van der Waals surface area contributed by atoms with Crippen LogP contribution in [0.2, 0.25) is 0 Å². The smallest absolute Gasteiger partial charge is 0.388 e. The largest absolute Gasteiger partial charge is 0.416 e. The molecule has 3 rings (SSSR count). The van der Waals surface area contributed by atoms with Crippen molar-refractivity contribution in [3.05, 3.63) is 69.3 Å². The number of nitrogens with zero attached hydrogens (tertiary/aromatic N) is 1. The van der Waals surface area contributed by atoms with E-state index in [1.165, 1.54) is 18.2 Å². The zero-order valence-electron chi connectivity index (χ0n) is 14.0. The van der Waals surface area contributed by atoms with E-state index in [4.69, 9.17) is 0 Å². The van der Waals surface area contributed by atoms with Crippen molar-refractivity contribution in [1.82, 2.24) is 0 Å². The average molecular weight is 366 g/mol. The van der Waals surface area contributed by atoms with Crippen molar-refractivity contribution in [2.75, 3.05) is 5.32 Å². The minimum Gasteiger partial charge on any atom is -0.388 e. The van der Waals surface area contributed by atoms with E-state index >= 15 is 0 Å². The Kier molecular flexibility index (Phi) is 4.18. The van der Waals surface area contributed by atoms with Gasteiger partial charge in [0.05, 0.1) is 22.6 Å². The molecule has 2 aromatic rings. The summed E-state index contributed by atoms with van der Waals surface area (Å²) in [6.07, 6.45) is -5.68. The zero-order valence-corrected chi connectivity index (χ0v) is 14.0. The maximum absolute atomic E-state index is 13.0. The molecule has 0 bridgehead atoms. The molecule has 1 aliphatic heterocycles. The summed E-state index contributed by atoms with van der Waals surface area (Å²) < 4.78 is 38.9. The molecule has 8 heteroatoms. The molecule has 2 atom stereocenters. The predicted molar refractivity (Wildman–Crippen MR) is 89.6 cm³/mol. The molecular weight excluding hydrogens is 349 g/mol. The number of halogens is 3. The molecule has 26 heavy (non-hydrogen) atoms. The Morgan fingerprint density at radius 2 is 1.88 bits per heavy atom. The van der Waals surface area contributed by atoms with Gasteiger partial charge in [0, 0.05) is 28.8 Å². The topological polar surface area (TPSA) is 75.4 Å². The molecule has 2 aromatic carbocycles. The maximum Gasteiger partial charge on any atom is 0.416 e. The van der Waals surface area contributed by atoms with Crippen LogP contribution >= 0.6 is 0 Å². The summed E-state index contributed by atoms with van der Waals surface area (Å²) in [5, 5.41) is 24.9. The average Bonchev–Trinajstić information content (AvgIpc) is 2.57. The number of aliphatic hydroxyl groups excluding tert-OH is 1. The molecule has 2 N–H and O–H groups in total. The van der Waals surface area contributed by atoms with Crippen molar-refractivity contribution in [2.24, 2.45) is 5.41 Å². The third-order valence-electron chi connectivity index (χ3n) is 4.84. The molecule has 0 spiro atoms. The van der Waals surface area contributed by atoms with Gasteiger partial charge in [-0.15, -0.1) is 0 Å². The van der Waals surface area contributed by atoms with Gasteiger partial charge in [0.15, 0.2) is 0 Å². The number of alkyl halides is 3. The highest BCUT2D eigenvalue weighted by Gasteiger charge is 2.44. The first-order valence-electron chi connectivity index (χ1n) is 7.92. The lowest BCUT2D eigenvalue weighted by Crippen LogP contribution is -2.38. The van der Waals surface area contributed by atoms with E-state index in [1.807, 2.05) is 0 Å². The van der Waals surface area contributed by atoms with Gasteiger partial charge in [0.2, 0.25) is 0 Å². The maximum atomic E-state index is 13.0. The van der Waals surface area contributed by atoms with Gasteiger partial charge in [-0.3, -0.25) is 10.1 Å². The summed E-state index contributed by atoms with van der Waals surface area (Å²) in [6, 6.07) is 8.65. The van der Waals surface area contributed by atoms with Gasteiger partial charge in [0.1, 0.15) is 0 Å². The molecule has 138 valence electrons. The Morgan fingerprint density at radius 1 is 1.19 bits per heavy atom. The molecule has 0 fully saturated rings. The zero-order chi connectivity index (χ0) is 19.3. The summed E-state index contributed by atoms with van der Waals surface area (Å²) in [6.45, 7) is 3.41. The standard InChI is InChI=1S/C18H17F3N2O3/c1-17(2)15(10-4-3-5-12(8-10)23(25)26)22-14-7-6-11(18(19,20)21)9-13(14)16(17)24/h3-9,15-16,22,24H,1-2H3. The lowest BCUT2D eigenvalue weighted by molar-refractivity contribution is -0.384. The fourth-order valence-electron chi connectivity index (χ4n) is 3.33. The molecular formula is C18H17F3N2O3. The van der Waals surface area contributed by atoms with E-state index in [-0.39, 0.29) is 11.3 Å². The minimum absolute atomic E-state index is 0.0900. The Labute approximate surface area is 147 Å². The molecule has 0 saturated heterocycles. The van der Waals surface area contributed by atoms with Crippen molar-refractivity contribution in [1.29, 1.82) is 0 Å². The first kappa shape index (κ1) is 18.2. The number of aliphatic hydroxyl groups is 1. The van der Waals surface area contributed by atoms with Crippen molar-refractivity contribution >= 4 is 11.4 Å². The second-order valence-corrected chi connectivity index (χ2v) is 6.95. The molecule has 0 amide bonds. The summed E-state index contributed by atoms with van der Waals surface area (Å²) in [4.78, 5) is 10.5. The highest BCUT2D eigenvalue weighted by atomic mass is 19.4. The monoisotopic (exact) mass is 366 g/mol. The normalized spacial score (nSPS) is 21.6. The van der Waals surface area contributed by atoms with Crippen LogP contribution in [0.5, 0.6) is 0 Å². The van der Waals surface area contributed by atoms with Gasteiger partial charge < -0.3 is 10.4 Å². The third kappa shape index (κ3) is 3.01. The van der Waals surface area contributed by atoms with Crippen LogP contribution < -0.4 is 5.32 Å². The molecule has 5 nitrogen and oxygen atoms in total. The second-order valence-electron chi connectivity index (χ2n) is 6.95. The van der Waals surface area contributed by atoms with Crippen molar-refractivity contribution < 1.29 is 23.2 Å². The van der Waals surface area contributed by atoms with Crippen LogP contribution in [0.15, 0.2) is 42.5 Å². The molecule has 1 aliphatic rings. The lowest BCUT2D eigenvalue weighted by Gasteiger charge is -2.45. The quantitative estimate of drug-likeness (QED) is 0.589. The molecule has 0 aliphatic carbocycles. The van der Waals surface area contributed by atoms with Crippen molar-refractivity contribution in [3.63, 3.8) is 0 Å². The molecule has 1 heterocycles. The van der Waals surface area contributed by atoms with E-state index in [0.717, 1.165) is 12.1 Å². The fraction of sp³-hybridized carbons (Fsp3) is 0.333. The number of nitrogens with one attached hydrogen (secondary N) is 1. The van der Waals surface area contributed by atoms with Gasteiger partial charge in [-0.1, -0.05) is 26.0 Å². The Hall–Kier alpha value is -2.61. The number of fused-ring (bicyclic) bond motifs is 1. The molecule has 2 unspecified atom stereocenters. The van der Waals surface area contributed by atoms with Crippen LogP contribution in [0.25, 0.3) is 0 Å². The summed E-state index contributed by atoms with van der Waals surface area (Å²) in [5.41, 5.74) is -0.706. The Morgan fingerprint density at radius 3 is 2.50 bits per heavy atom. The number of non-ortho nitro benzene ring substituents is 1. The summed E-state index contributed by atoms with van der Waals surface area (Å²) in [7, 11) is 0. The first-order valence-corrected chi connectivity index (χ1v) is 7.92. The number of benzene rings is 2. The third-order valence-corrected chi connectivity index (χ3v) is 4.84. The first-order chi connectivity index (χ1) is 12.0. The van der Waals surface area contributed by atoms with E-state index < -0.39 is 34.2 Å². The number of hydrogen-bond donors (Lipinski definition) is 2. The minimum atomic E-state index is -4.50. The van der Waals surface area contributed by atoms with Crippen LogP contribution in [0, 0.1) is 15.5 Å². The van der Waals surface area contributed by atoms with Gasteiger partial charge in [-0.2, -0.15) is 13.2 Å². The van der Waals surface area contributed by atoms with E-state index in [2.05, 4.69) is 5.32 Å². The van der Waals surface area contributed by atoms with E-state index in [0.29, 0.717) is 11.3 Å². The van der Waals surface area contributed by atoms with Crippen molar-refractivity contribution in [2.45, 2.75) is 32.2 Å². The number of anilines is 1. The molecule has 0 saturated carbocycles.